The molecule has 31 heavy (non-hydrogen) atoms. The molecule has 1 saturated carbocycles. The predicted octanol–water partition coefficient (Wildman–Crippen LogP) is 2.56. The van der Waals surface area contributed by atoms with Gasteiger partial charge in [0.15, 0.2) is 6.61 Å². The Bertz CT molecular complexity index is 994. The van der Waals surface area contributed by atoms with Crippen molar-refractivity contribution in [1.82, 2.24) is 20.4 Å². The molecule has 0 unspecified atom stereocenters. The van der Waals surface area contributed by atoms with E-state index in [1.54, 1.807) is 6.20 Å². The second-order valence-corrected chi connectivity index (χ2v) is 7.68. The van der Waals surface area contributed by atoms with Crippen molar-refractivity contribution in [3.63, 3.8) is 0 Å². The second-order valence-electron chi connectivity index (χ2n) is 7.68. The number of amides is 2. The lowest BCUT2D eigenvalue weighted by molar-refractivity contribution is -0.123. The fraction of sp³-hybridized carbons (Fsp3) is 0.292. The Morgan fingerprint density at radius 1 is 1.03 bits per heavy atom. The highest BCUT2D eigenvalue weighted by molar-refractivity contribution is 5.94. The van der Waals surface area contributed by atoms with E-state index in [1.165, 1.54) is 0 Å². The van der Waals surface area contributed by atoms with Crippen LogP contribution in [0.5, 0.6) is 5.75 Å². The first-order chi connectivity index (χ1) is 15.2. The quantitative estimate of drug-likeness (QED) is 0.530. The molecule has 1 fully saturated rings. The zero-order valence-corrected chi connectivity index (χ0v) is 17.3. The monoisotopic (exact) mass is 418 g/mol. The molecule has 1 heterocycles. The highest BCUT2D eigenvalue weighted by atomic mass is 16.5. The van der Waals surface area contributed by atoms with E-state index in [4.69, 9.17) is 4.74 Å². The molecule has 1 aromatic heterocycles. The van der Waals surface area contributed by atoms with Crippen LogP contribution in [0.25, 0.3) is 0 Å². The maximum Gasteiger partial charge on any atom is 0.258 e. The molecule has 2 amide bonds. The smallest absolute Gasteiger partial charge is 0.258 e. The molecule has 2 N–H and O–H groups in total. The summed E-state index contributed by atoms with van der Waals surface area (Å²) in [5.41, 5.74) is 2.81. The third-order valence-corrected chi connectivity index (χ3v) is 5.05. The van der Waals surface area contributed by atoms with Gasteiger partial charge in [-0.1, -0.05) is 24.3 Å². The molecule has 1 aliphatic rings. The van der Waals surface area contributed by atoms with E-state index < -0.39 is 0 Å². The molecule has 3 aromatic rings. The van der Waals surface area contributed by atoms with Crippen LogP contribution >= 0.6 is 0 Å². The van der Waals surface area contributed by atoms with Gasteiger partial charge in [-0.05, 0) is 60.7 Å². The molecule has 0 atom stereocenters. The largest absolute Gasteiger partial charge is 0.484 e. The number of carbonyl (C=O) groups is 2. The van der Waals surface area contributed by atoms with Gasteiger partial charge in [-0.3, -0.25) is 14.3 Å². The lowest BCUT2D eigenvalue weighted by atomic mass is 10.1. The average Bonchev–Trinajstić information content (AvgIpc) is 3.45. The number of rotatable bonds is 10. The molecule has 7 heteroatoms. The van der Waals surface area contributed by atoms with Gasteiger partial charge < -0.3 is 15.4 Å². The van der Waals surface area contributed by atoms with Crippen molar-refractivity contribution in [2.75, 3.05) is 13.2 Å². The van der Waals surface area contributed by atoms with Crippen LogP contribution in [-0.2, 0) is 17.8 Å². The summed E-state index contributed by atoms with van der Waals surface area (Å²) in [6, 6.07) is 17.4. The van der Waals surface area contributed by atoms with E-state index in [1.807, 2.05) is 65.5 Å². The maximum atomic E-state index is 12.4. The minimum Gasteiger partial charge on any atom is -0.484 e. The van der Waals surface area contributed by atoms with E-state index >= 15 is 0 Å². The highest BCUT2D eigenvalue weighted by Crippen LogP contribution is 2.18. The number of hydrogen-bond acceptors (Lipinski definition) is 4. The van der Waals surface area contributed by atoms with Gasteiger partial charge in [0.05, 0.1) is 6.54 Å². The minimum atomic E-state index is -0.0905. The fourth-order valence-electron chi connectivity index (χ4n) is 3.16. The van der Waals surface area contributed by atoms with E-state index in [9.17, 15) is 9.59 Å². The lowest BCUT2D eigenvalue weighted by Gasteiger charge is -2.09. The highest BCUT2D eigenvalue weighted by Gasteiger charge is 2.23. The Kier molecular flexibility index (Phi) is 6.62. The van der Waals surface area contributed by atoms with Gasteiger partial charge in [0, 0.05) is 30.5 Å². The Morgan fingerprint density at radius 2 is 1.77 bits per heavy atom. The molecule has 0 bridgehead atoms. The van der Waals surface area contributed by atoms with Crippen molar-refractivity contribution in [2.24, 2.45) is 0 Å². The van der Waals surface area contributed by atoms with Gasteiger partial charge in [0.25, 0.3) is 11.8 Å². The Morgan fingerprint density at radius 3 is 2.45 bits per heavy atom. The minimum absolute atomic E-state index is 0.0344. The molecule has 0 radical (unpaired) electrons. The summed E-state index contributed by atoms with van der Waals surface area (Å²) in [5.74, 6) is 0.491. The SMILES string of the molecule is O=C(COc1ccc(CCNC(=O)c2ccc(Cn3cccn3)cc2)cc1)NC1CC1. The number of ether oxygens (including phenoxy) is 1. The third-order valence-electron chi connectivity index (χ3n) is 5.05. The van der Waals surface area contributed by atoms with Gasteiger partial charge in [-0.25, -0.2) is 0 Å². The van der Waals surface area contributed by atoms with Crippen LogP contribution in [0, 0.1) is 0 Å². The predicted molar refractivity (Wildman–Crippen MR) is 117 cm³/mol. The standard InChI is InChI=1S/C24H26N4O3/c29-23(27-21-8-9-21)17-31-22-10-4-18(5-11-22)12-14-25-24(30)20-6-2-19(3-7-20)16-28-15-1-13-26-28/h1-7,10-11,13,15,21H,8-9,12,14,16-17H2,(H,25,30)(H,27,29). The summed E-state index contributed by atoms with van der Waals surface area (Å²) in [7, 11) is 0. The summed E-state index contributed by atoms with van der Waals surface area (Å²) in [6.45, 7) is 1.25. The Balaban J connectivity index is 1.18. The molecule has 2 aromatic carbocycles. The van der Waals surface area contributed by atoms with Gasteiger partial charge in [0.2, 0.25) is 0 Å². The van der Waals surface area contributed by atoms with Gasteiger partial charge in [0.1, 0.15) is 5.75 Å². The van der Waals surface area contributed by atoms with Crippen molar-refractivity contribution in [1.29, 1.82) is 0 Å². The van der Waals surface area contributed by atoms with Crippen LogP contribution in [0.3, 0.4) is 0 Å². The number of nitrogens with zero attached hydrogens (tertiary/aromatic N) is 2. The summed E-state index contributed by atoms with van der Waals surface area (Å²) in [6.07, 6.45) is 6.50. The third kappa shape index (κ3) is 6.44. The van der Waals surface area contributed by atoms with E-state index in [-0.39, 0.29) is 18.4 Å². The number of aromatic nitrogens is 2. The van der Waals surface area contributed by atoms with Crippen LogP contribution in [0.1, 0.15) is 34.3 Å². The molecular weight excluding hydrogens is 392 g/mol. The van der Waals surface area contributed by atoms with Crippen molar-refractivity contribution in [2.45, 2.75) is 31.8 Å². The van der Waals surface area contributed by atoms with Crippen molar-refractivity contribution >= 4 is 11.8 Å². The van der Waals surface area contributed by atoms with Crippen LogP contribution in [0.2, 0.25) is 0 Å². The Hall–Kier alpha value is -3.61. The van der Waals surface area contributed by atoms with Crippen LogP contribution < -0.4 is 15.4 Å². The number of nitrogens with one attached hydrogen (secondary N) is 2. The number of carbonyl (C=O) groups excluding carboxylic acids is 2. The van der Waals surface area contributed by atoms with Gasteiger partial charge >= 0.3 is 0 Å². The van der Waals surface area contributed by atoms with Gasteiger partial charge in [-0.2, -0.15) is 5.10 Å². The second kappa shape index (κ2) is 9.93. The zero-order chi connectivity index (χ0) is 21.5. The molecule has 1 aliphatic carbocycles. The molecule has 0 aliphatic heterocycles. The normalized spacial score (nSPS) is 12.9. The zero-order valence-electron chi connectivity index (χ0n) is 17.3. The Labute approximate surface area is 181 Å². The number of hydrogen-bond donors (Lipinski definition) is 2. The molecular formula is C24H26N4O3. The molecule has 4 rings (SSSR count). The average molecular weight is 418 g/mol. The molecule has 160 valence electrons. The van der Waals surface area contributed by atoms with Crippen molar-refractivity contribution in [3.8, 4) is 5.75 Å². The van der Waals surface area contributed by atoms with Crippen LogP contribution in [0.4, 0.5) is 0 Å². The van der Waals surface area contributed by atoms with E-state index in [0.717, 1.165) is 24.0 Å². The summed E-state index contributed by atoms with van der Waals surface area (Å²) in [5, 5.41) is 10.0. The lowest BCUT2D eigenvalue weighted by Crippen LogP contribution is -2.30. The van der Waals surface area contributed by atoms with E-state index in [0.29, 0.717) is 36.9 Å². The van der Waals surface area contributed by atoms with E-state index in [2.05, 4.69) is 15.7 Å². The first kappa shape index (κ1) is 20.7. The summed E-state index contributed by atoms with van der Waals surface area (Å²) in [4.78, 5) is 24.0. The molecule has 0 spiro atoms. The maximum absolute atomic E-state index is 12.4. The van der Waals surface area contributed by atoms with Gasteiger partial charge in [-0.15, -0.1) is 0 Å². The first-order valence-electron chi connectivity index (χ1n) is 10.5. The van der Waals surface area contributed by atoms with Crippen LogP contribution in [0.15, 0.2) is 67.0 Å². The summed E-state index contributed by atoms with van der Waals surface area (Å²) < 4.78 is 7.35. The first-order valence-corrected chi connectivity index (χ1v) is 10.5. The topological polar surface area (TPSA) is 85.2 Å². The summed E-state index contributed by atoms with van der Waals surface area (Å²) >= 11 is 0. The molecule has 0 saturated heterocycles. The van der Waals surface area contributed by atoms with Crippen molar-refractivity contribution < 1.29 is 14.3 Å². The fourth-order valence-corrected chi connectivity index (χ4v) is 3.16. The number of benzene rings is 2. The van der Waals surface area contributed by atoms with Crippen molar-refractivity contribution in [3.05, 3.63) is 83.7 Å². The van der Waals surface area contributed by atoms with Crippen LogP contribution in [-0.4, -0.2) is 40.8 Å². The molecule has 7 nitrogen and oxygen atoms in total.